The van der Waals surface area contributed by atoms with Crippen molar-refractivity contribution in [3.05, 3.63) is 60.3 Å². The van der Waals surface area contributed by atoms with Crippen molar-refractivity contribution in [2.75, 3.05) is 19.7 Å². The second-order valence-corrected chi connectivity index (χ2v) is 6.14. The molecule has 0 saturated carbocycles. The van der Waals surface area contributed by atoms with E-state index in [1.165, 1.54) is 6.33 Å². The molecule has 156 valence electrons. The average Bonchev–Trinajstić information content (AvgIpc) is 3.43. The van der Waals surface area contributed by atoms with Gasteiger partial charge < -0.3 is 19.8 Å². The predicted molar refractivity (Wildman–Crippen MR) is 123 cm³/mol. The van der Waals surface area contributed by atoms with Crippen LogP contribution in [0.2, 0.25) is 0 Å². The minimum Gasteiger partial charge on any atom is -0.467 e. The first-order valence-corrected chi connectivity index (χ1v) is 9.42. The number of aromatic nitrogens is 3. The molecule has 2 heterocycles. The van der Waals surface area contributed by atoms with Gasteiger partial charge in [0.2, 0.25) is 0 Å². The zero-order chi connectivity index (χ0) is 19.4. The van der Waals surface area contributed by atoms with Crippen LogP contribution in [-0.4, -0.2) is 40.8 Å². The number of guanidine groups is 1. The number of nitrogens with zero attached hydrogens (tertiary/aromatic N) is 3. The lowest BCUT2D eigenvalue weighted by Gasteiger charge is -2.11. The van der Waals surface area contributed by atoms with Crippen LogP contribution in [0.15, 0.2) is 58.4 Å². The SMILES string of the molecule is CCNC(=NCc1cccc(-c2ncn[nH]2)c1)NCCCOCc1ccco1.I. The van der Waals surface area contributed by atoms with Crippen LogP contribution in [0.4, 0.5) is 0 Å². The standard InChI is InChI=1S/C20H26N6O2.HI/c1-2-21-20(22-9-5-10-27-14-18-8-4-11-28-18)23-13-16-6-3-7-17(12-16)19-24-15-25-26-19;/h3-4,6-8,11-12,15H,2,5,9-10,13-14H2,1H3,(H2,21,22,23)(H,24,25,26);1H. The van der Waals surface area contributed by atoms with Gasteiger partial charge in [-0.15, -0.1) is 24.0 Å². The molecule has 0 aliphatic rings. The van der Waals surface area contributed by atoms with Gasteiger partial charge in [-0.1, -0.05) is 18.2 Å². The van der Waals surface area contributed by atoms with Gasteiger partial charge in [-0.2, -0.15) is 5.10 Å². The lowest BCUT2D eigenvalue weighted by molar-refractivity contribution is 0.105. The number of aliphatic imine (C=N–C) groups is 1. The largest absolute Gasteiger partial charge is 0.467 e. The minimum atomic E-state index is 0. The Kier molecular flexibility index (Phi) is 10.2. The third-order valence-electron chi connectivity index (χ3n) is 3.96. The van der Waals surface area contributed by atoms with E-state index < -0.39 is 0 Å². The summed E-state index contributed by atoms with van der Waals surface area (Å²) < 4.78 is 10.8. The Bertz CT molecular complexity index is 837. The highest BCUT2D eigenvalue weighted by Crippen LogP contribution is 2.15. The minimum absolute atomic E-state index is 0. The van der Waals surface area contributed by atoms with Crippen LogP contribution in [0.3, 0.4) is 0 Å². The molecule has 9 heteroatoms. The molecule has 0 aliphatic heterocycles. The van der Waals surface area contributed by atoms with Crippen LogP contribution in [0.5, 0.6) is 0 Å². The van der Waals surface area contributed by atoms with Crippen molar-refractivity contribution in [3.63, 3.8) is 0 Å². The maximum absolute atomic E-state index is 5.59. The van der Waals surface area contributed by atoms with Gasteiger partial charge in [-0.25, -0.2) is 9.98 Å². The smallest absolute Gasteiger partial charge is 0.191 e. The normalized spacial score (nSPS) is 11.1. The Morgan fingerprint density at radius 3 is 2.93 bits per heavy atom. The van der Waals surface area contributed by atoms with E-state index in [-0.39, 0.29) is 24.0 Å². The monoisotopic (exact) mass is 510 g/mol. The van der Waals surface area contributed by atoms with E-state index in [1.54, 1.807) is 6.26 Å². The van der Waals surface area contributed by atoms with Crippen molar-refractivity contribution in [1.29, 1.82) is 0 Å². The number of furan rings is 1. The maximum Gasteiger partial charge on any atom is 0.191 e. The summed E-state index contributed by atoms with van der Waals surface area (Å²) in [6.07, 6.45) is 4.04. The molecule has 0 aliphatic carbocycles. The summed E-state index contributed by atoms with van der Waals surface area (Å²) in [7, 11) is 0. The fourth-order valence-electron chi connectivity index (χ4n) is 2.62. The number of hydrogen-bond acceptors (Lipinski definition) is 5. The number of aromatic amines is 1. The first-order valence-electron chi connectivity index (χ1n) is 9.42. The van der Waals surface area contributed by atoms with Crippen molar-refractivity contribution < 1.29 is 9.15 Å². The Morgan fingerprint density at radius 1 is 1.24 bits per heavy atom. The van der Waals surface area contributed by atoms with Gasteiger partial charge in [0.15, 0.2) is 11.8 Å². The van der Waals surface area contributed by atoms with Gasteiger partial charge in [0, 0.05) is 25.3 Å². The van der Waals surface area contributed by atoms with Crippen LogP contribution in [-0.2, 0) is 17.9 Å². The zero-order valence-electron chi connectivity index (χ0n) is 16.4. The van der Waals surface area contributed by atoms with Gasteiger partial charge in [0.05, 0.1) is 12.8 Å². The van der Waals surface area contributed by atoms with E-state index in [9.17, 15) is 0 Å². The first-order chi connectivity index (χ1) is 13.8. The number of hydrogen-bond donors (Lipinski definition) is 3. The van der Waals surface area contributed by atoms with Crippen molar-refractivity contribution >= 4 is 29.9 Å². The van der Waals surface area contributed by atoms with Gasteiger partial charge in [0.1, 0.15) is 18.7 Å². The highest BCUT2D eigenvalue weighted by molar-refractivity contribution is 14.0. The zero-order valence-corrected chi connectivity index (χ0v) is 18.8. The number of ether oxygens (including phenoxy) is 1. The molecule has 1 aromatic carbocycles. The average molecular weight is 510 g/mol. The Hall–Kier alpha value is -2.40. The van der Waals surface area contributed by atoms with Gasteiger partial charge in [-0.3, -0.25) is 5.10 Å². The quantitative estimate of drug-likeness (QED) is 0.168. The van der Waals surface area contributed by atoms with Crippen LogP contribution in [0.1, 0.15) is 24.7 Å². The topological polar surface area (TPSA) is 100 Å². The molecule has 0 amide bonds. The van der Waals surface area contributed by atoms with Crippen LogP contribution >= 0.6 is 24.0 Å². The molecule has 0 unspecified atom stereocenters. The summed E-state index contributed by atoms with van der Waals surface area (Å²) in [4.78, 5) is 8.85. The van der Waals surface area contributed by atoms with E-state index in [2.05, 4.69) is 42.9 Å². The number of benzene rings is 1. The summed E-state index contributed by atoms with van der Waals surface area (Å²) >= 11 is 0. The summed E-state index contributed by atoms with van der Waals surface area (Å²) in [5, 5.41) is 13.4. The summed E-state index contributed by atoms with van der Waals surface area (Å²) in [6, 6.07) is 11.9. The maximum atomic E-state index is 5.59. The third kappa shape index (κ3) is 7.86. The lowest BCUT2D eigenvalue weighted by Crippen LogP contribution is -2.38. The summed E-state index contributed by atoms with van der Waals surface area (Å²) in [5.41, 5.74) is 2.10. The fourth-order valence-corrected chi connectivity index (χ4v) is 2.62. The highest BCUT2D eigenvalue weighted by Gasteiger charge is 2.03. The molecule has 0 spiro atoms. The van der Waals surface area contributed by atoms with Crippen molar-refractivity contribution in [3.8, 4) is 11.4 Å². The Morgan fingerprint density at radius 2 is 2.17 bits per heavy atom. The van der Waals surface area contributed by atoms with E-state index in [1.807, 2.05) is 31.2 Å². The molecule has 3 rings (SSSR count). The molecule has 0 atom stereocenters. The molecule has 3 N–H and O–H groups in total. The molecule has 3 aromatic rings. The molecule has 0 fully saturated rings. The second-order valence-electron chi connectivity index (χ2n) is 6.14. The molecular formula is C20H27IN6O2. The van der Waals surface area contributed by atoms with E-state index in [0.29, 0.717) is 19.8 Å². The summed E-state index contributed by atoms with van der Waals surface area (Å²) in [6.45, 7) is 5.37. The molecule has 0 radical (unpaired) electrons. The molecule has 0 bridgehead atoms. The molecule has 0 saturated heterocycles. The number of nitrogens with one attached hydrogen (secondary N) is 3. The van der Waals surface area contributed by atoms with Crippen LogP contribution < -0.4 is 10.6 Å². The van der Waals surface area contributed by atoms with Crippen molar-refractivity contribution in [2.45, 2.75) is 26.5 Å². The Balaban J connectivity index is 0.00000300. The van der Waals surface area contributed by atoms with Crippen molar-refractivity contribution in [1.82, 2.24) is 25.8 Å². The molecular weight excluding hydrogens is 483 g/mol. The molecule has 29 heavy (non-hydrogen) atoms. The van der Waals surface area contributed by atoms with Gasteiger partial charge >= 0.3 is 0 Å². The van der Waals surface area contributed by atoms with Crippen molar-refractivity contribution in [2.24, 2.45) is 4.99 Å². The lowest BCUT2D eigenvalue weighted by atomic mass is 10.1. The number of halogens is 1. The summed E-state index contributed by atoms with van der Waals surface area (Å²) in [5.74, 6) is 2.39. The second kappa shape index (κ2) is 12.9. The van der Waals surface area contributed by atoms with E-state index >= 15 is 0 Å². The van der Waals surface area contributed by atoms with Crippen LogP contribution in [0.25, 0.3) is 11.4 Å². The fraction of sp³-hybridized carbons (Fsp3) is 0.350. The van der Waals surface area contributed by atoms with E-state index in [4.69, 9.17) is 9.15 Å². The highest BCUT2D eigenvalue weighted by atomic mass is 127. The predicted octanol–water partition coefficient (Wildman–Crippen LogP) is 3.34. The third-order valence-corrected chi connectivity index (χ3v) is 3.96. The van der Waals surface area contributed by atoms with Gasteiger partial charge in [0.25, 0.3) is 0 Å². The molecule has 2 aromatic heterocycles. The Labute approximate surface area is 187 Å². The first kappa shape index (κ1) is 22.9. The number of H-pyrrole nitrogens is 1. The number of rotatable bonds is 10. The van der Waals surface area contributed by atoms with Gasteiger partial charge in [-0.05, 0) is 37.1 Å². The molecule has 8 nitrogen and oxygen atoms in total. The van der Waals surface area contributed by atoms with E-state index in [0.717, 1.165) is 48.2 Å². The van der Waals surface area contributed by atoms with Crippen LogP contribution in [0, 0.1) is 0 Å².